The molecule has 6 nitrogen and oxygen atoms in total. The van der Waals surface area contributed by atoms with Crippen LogP contribution in [0, 0.1) is 0 Å². The first-order valence-corrected chi connectivity index (χ1v) is 6.67. The van der Waals surface area contributed by atoms with Crippen molar-refractivity contribution in [1.82, 2.24) is 0 Å². The SMILES string of the molecule is CCOCCC1=NC=C[NH+]1C.O=S(=O)([O-])C(F)(F)F. The first kappa shape index (κ1) is 18.0. The van der Waals surface area contributed by atoms with Crippen LogP contribution in [0.25, 0.3) is 0 Å². The molecule has 10 heteroatoms. The summed E-state index contributed by atoms with van der Waals surface area (Å²) in [6.07, 6.45) is 4.81. The summed E-state index contributed by atoms with van der Waals surface area (Å²) in [5.74, 6) is 1.17. The monoisotopic (exact) mass is 304 g/mol. The van der Waals surface area contributed by atoms with Crippen molar-refractivity contribution in [2.75, 3.05) is 20.3 Å². The molecule has 1 aliphatic heterocycles. The van der Waals surface area contributed by atoms with Gasteiger partial charge in [-0.3, -0.25) is 4.90 Å². The van der Waals surface area contributed by atoms with Crippen molar-refractivity contribution in [1.29, 1.82) is 0 Å². The highest BCUT2D eigenvalue weighted by molar-refractivity contribution is 7.86. The first-order chi connectivity index (χ1) is 8.59. The van der Waals surface area contributed by atoms with Gasteiger partial charge in [0, 0.05) is 6.61 Å². The molecular formula is C9H15F3N2O4S. The van der Waals surface area contributed by atoms with Crippen LogP contribution in [0.3, 0.4) is 0 Å². The van der Waals surface area contributed by atoms with Crippen molar-refractivity contribution in [3.05, 3.63) is 12.4 Å². The Morgan fingerprint density at radius 3 is 2.32 bits per heavy atom. The van der Waals surface area contributed by atoms with E-state index in [1.807, 2.05) is 19.3 Å². The maximum Gasteiger partial charge on any atom is 0.485 e. The Labute approximate surface area is 109 Å². The van der Waals surface area contributed by atoms with Crippen LogP contribution in [0.4, 0.5) is 13.2 Å². The summed E-state index contributed by atoms with van der Waals surface area (Å²) in [6, 6.07) is 0. The van der Waals surface area contributed by atoms with Gasteiger partial charge in [0.15, 0.2) is 10.1 Å². The smallest absolute Gasteiger partial charge is 0.485 e. The normalized spacial score (nSPS) is 18.8. The number of alkyl halides is 3. The number of rotatable bonds is 4. The van der Waals surface area contributed by atoms with Gasteiger partial charge in [0.2, 0.25) is 5.84 Å². The van der Waals surface area contributed by atoms with Crippen LogP contribution < -0.4 is 4.90 Å². The molecule has 1 rings (SSSR count). The van der Waals surface area contributed by atoms with E-state index in [0.717, 1.165) is 19.6 Å². The van der Waals surface area contributed by atoms with Crippen LogP contribution in [0.2, 0.25) is 0 Å². The fourth-order valence-corrected chi connectivity index (χ4v) is 1.01. The molecule has 0 fully saturated rings. The van der Waals surface area contributed by atoms with Crippen LogP contribution in [-0.4, -0.2) is 44.6 Å². The van der Waals surface area contributed by atoms with Gasteiger partial charge in [0.1, 0.15) is 6.20 Å². The number of aliphatic imine (C=N–C) groups is 1. The minimum absolute atomic E-state index is 0.786. The Morgan fingerprint density at radius 2 is 2.00 bits per heavy atom. The molecule has 0 bridgehead atoms. The van der Waals surface area contributed by atoms with Crippen molar-refractivity contribution in [3.8, 4) is 0 Å². The molecule has 0 spiro atoms. The quantitative estimate of drug-likeness (QED) is 0.445. The van der Waals surface area contributed by atoms with Gasteiger partial charge < -0.3 is 9.29 Å². The third-order valence-corrected chi connectivity index (χ3v) is 2.55. The number of nitrogens with one attached hydrogen (secondary N) is 1. The highest BCUT2D eigenvalue weighted by Crippen LogP contribution is 2.20. The van der Waals surface area contributed by atoms with Gasteiger partial charge in [-0.05, 0) is 6.92 Å². The largest absolute Gasteiger partial charge is 0.741 e. The molecule has 1 heterocycles. The summed E-state index contributed by atoms with van der Waals surface area (Å²) >= 11 is 0. The second-order valence-electron chi connectivity index (χ2n) is 3.42. The van der Waals surface area contributed by atoms with Crippen molar-refractivity contribution in [2.24, 2.45) is 4.99 Å². The lowest BCUT2D eigenvalue weighted by molar-refractivity contribution is -0.719. The number of halogens is 3. The summed E-state index contributed by atoms with van der Waals surface area (Å²) in [6.45, 7) is 3.58. The Balaban J connectivity index is 0.000000362. The topological polar surface area (TPSA) is 83.2 Å². The van der Waals surface area contributed by atoms with E-state index in [1.165, 1.54) is 10.7 Å². The van der Waals surface area contributed by atoms with Gasteiger partial charge in [-0.25, -0.2) is 13.4 Å². The Bertz CT molecular complexity index is 431. The van der Waals surface area contributed by atoms with Crippen molar-refractivity contribution < 1.29 is 35.8 Å². The molecule has 19 heavy (non-hydrogen) atoms. The van der Waals surface area contributed by atoms with Crippen molar-refractivity contribution in [2.45, 2.75) is 18.9 Å². The molecule has 112 valence electrons. The molecule has 1 aliphatic rings. The van der Waals surface area contributed by atoms with Gasteiger partial charge >= 0.3 is 5.51 Å². The summed E-state index contributed by atoms with van der Waals surface area (Å²) in [5.41, 5.74) is -5.65. The lowest BCUT2D eigenvalue weighted by Gasteiger charge is -2.08. The van der Waals surface area contributed by atoms with E-state index in [-0.39, 0.29) is 0 Å². The van der Waals surface area contributed by atoms with E-state index in [1.54, 1.807) is 0 Å². The predicted octanol–water partition coefficient (Wildman–Crippen LogP) is -0.138. The Hall–Kier alpha value is -0.970. The number of ether oxygens (including phenoxy) is 1. The lowest BCUT2D eigenvalue weighted by atomic mass is 10.4. The number of quaternary nitrogens is 1. The molecule has 0 radical (unpaired) electrons. The number of amidine groups is 1. The molecule has 0 saturated carbocycles. The maximum absolute atomic E-state index is 10.7. The third kappa shape index (κ3) is 7.25. The van der Waals surface area contributed by atoms with Crippen LogP contribution >= 0.6 is 0 Å². The minimum atomic E-state index is -6.09. The summed E-state index contributed by atoms with van der Waals surface area (Å²) in [7, 11) is -4.01. The minimum Gasteiger partial charge on any atom is -0.741 e. The van der Waals surface area contributed by atoms with E-state index in [2.05, 4.69) is 12.0 Å². The zero-order valence-electron chi connectivity index (χ0n) is 10.4. The summed E-state index contributed by atoms with van der Waals surface area (Å²) in [5, 5.41) is 0. The molecule has 1 atom stereocenters. The van der Waals surface area contributed by atoms with E-state index in [0.29, 0.717) is 0 Å². The summed E-state index contributed by atoms with van der Waals surface area (Å²) < 4.78 is 64.1. The van der Waals surface area contributed by atoms with E-state index >= 15 is 0 Å². The lowest BCUT2D eigenvalue weighted by Crippen LogP contribution is -3.06. The van der Waals surface area contributed by atoms with Gasteiger partial charge in [-0.15, -0.1) is 0 Å². The van der Waals surface area contributed by atoms with Gasteiger partial charge in [-0.1, -0.05) is 0 Å². The molecule has 0 aromatic carbocycles. The van der Waals surface area contributed by atoms with E-state index in [4.69, 9.17) is 17.7 Å². The predicted molar refractivity (Wildman–Crippen MR) is 60.3 cm³/mol. The fraction of sp³-hybridized carbons (Fsp3) is 0.667. The second-order valence-corrected chi connectivity index (χ2v) is 4.79. The molecule has 0 aromatic rings. The fourth-order valence-electron chi connectivity index (χ4n) is 1.01. The zero-order valence-corrected chi connectivity index (χ0v) is 11.2. The molecule has 0 aromatic heterocycles. The van der Waals surface area contributed by atoms with Crippen molar-refractivity contribution in [3.63, 3.8) is 0 Å². The summed E-state index contributed by atoms with van der Waals surface area (Å²) in [4.78, 5) is 5.48. The molecule has 1 N–H and O–H groups in total. The molecule has 0 aliphatic carbocycles. The molecule has 0 amide bonds. The number of hydrogen-bond acceptors (Lipinski definition) is 5. The molecular weight excluding hydrogens is 289 g/mol. The highest BCUT2D eigenvalue weighted by Gasteiger charge is 2.36. The Morgan fingerprint density at radius 1 is 1.47 bits per heavy atom. The van der Waals surface area contributed by atoms with Gasteiger partial charge in [0.25, 0.3) is 0 Å². The van der Waals surface area contributed by atoms with Gasteiger partial charge in [-0.2, -0.15) is 13.2 Å². The van der Waals surface area contributed by atoms with E-state index < -0.39 is 15.6 Å². The van der Waals surface area contributed by atoms with Crippen LogP contribution in [0.15, 0.2) is 17.4 Å². The van der Waals surface area contributed by atoms with Gasteiger partial charge in [0.05, 0.1) is 26.3 Å². The van der Waals surface area contributed by atoms with Crippen LogP contribution in [0.5, 0.6) is 0 Å². The standard InChI is InChI=1S/C8H14N2O.CHF3O3S/c1-3-11-7-4-8-9-5-6-10(8)2;2-1(3,4)8(5,6)7/h5-6H,3-4,7H2,1-2H3;(H,5,6,7). The Kier molecular flexibility index (Phi) is 7.19. The zero-order chi connectivity index (χ0) is 15.1. The second kappa shape index (κ2) is 7.58. The average molecular weight is 304 g/mol. The third-order valence-electron chi connectivity index (χ3n) is 1.98. The van der Waals surface area contributed by atoms with E-state index in [9.17, 15) is 13.2 Å². The number of nitrogens with zero attached hydrogens (tertiary/aromatic N) is 1. The highest BCUT2D eigenvalue weighted by atomic mass is 32.2. The molecule has 0 saturated heterocycles. The average Bonchev–Trinajstić information content (AvgIpc) is 2.63. The number of hydrogen-bond donors (Lipinski definition) is 1. The molecule has 1 unspecified atom stereocenters. The first-order valence-electron chi connectivity index (χ1n) is 5.26. The maximum atomic E-state index is 10.7. The van der Waals surface area contributed by atoms with Crippen LogP contribution in [-0.2, 0) is 14.9 Å². The van der Waals surface area contributed by atoms with Crippen LogP contribution in [0.1, 0.15) is 13.3 Å². The van der Waals surface area contributed by atoms with Crippen molar-refractivity contribution >= 4 is 16.0 Å².